The van der Waals surface area contributed by atoms with Crippen LogP contribution in [0.15, 0.2) is 40.4 Å². The number of aryl methyl sites for hydroxylation is 1. The Labute approximate surface area is 199 Å². The minimum Gasteiger partial charge on any atom is -0.490 e. The molecule has 1 fully saturated rings. The molecule has 1 N–H and O–H groups in total. The van der Waals surface area contributed by atoms with E-state index in [0.29, 0.717) is 44.4 Å². The van der Waals surface area contributed by atoms with Gasteiger partial charge in [0.2, 0.25) is 0 Å². The molecular weight excluding hydrogens is 500 g/mol. The molecule has 0 unspecified atom stereocenters. The van der Waals surface area contributed by atoms with Crippen molar-refractivity contribution in [3.8, 4) is 11.5 Å². The van der Waals surface area contributed by atoms with Crippen LogP contribution in [0.1, 0.15) is 31.9 Å². The van der Waals surface area contributed by atoms with Crippen LogP contribution in [0.4, 0.5) is 10.5 Å². The quantitative estimate of drug-likeness (QED) is 0.414. The first-order chi connectivity index (χ1) is 15.1. The Kier molecular flexibility index (Phi) is 7.26. The largest absolute Gasteiger partial charge is 0.490 e. The van der Waals surface area contributed by atoms with Gasteiger partial charge in [-0.05, 0) is 85.1 Å². The van der Waals surface area contributed by atoms with Crippen molar-refractivity contribution in [2.75, 3.05) is 11.5 Å². The SMILES string of the molecule is CCOc1cc(/C=C2\C(=O)NC(=O)N(c3cc(Cl)ccc3C)C2=O)cc(Br)c1OC(C)C. The van der Waals surface area contributed by atoms with Gasteiger partial charge in [0, 0.05) is 5.02 Å². The first-order valence-electron chi connectivity index (χ1n) is 9.93. The van der Waals surface area contributed by atoms with Crippen molar-refractivity contribution < 1.29 is 23.9 Å². The summed E-state index contributed by atoms with van der Waals surface area (Å²) < 4.78 is 12.1. The Balaban J connectivity index is 2.07. The monoisotopic (exact) mass is 520 g/mol. The second-order valence-corrected chi connectivity index (χ2v) is 8.61. The van der Waals surface area contributed by atoms with E-state index in [1.807, 2.05) is 20.8 Å². The Morgan fingerprint density at radius 3 is 2.56 bits per heavy atom. The number of nitrogens with zero attached hydrogens (tertiary/aromatic N) is 1. The van der Waals surface area contributed by atoms with Crippen molar-refractivity contribution in [1.29, 1.82) is 0 Å². The van der Waals surface area contributed by atoms with Crippen LogP contribution in [0.25, 0.3) is 6.08 Å². The van der Waals surface area contributed by atoms with E-state index in [0.717, 1.165) is 4.90 Å². The third-order valence-electron chi connectivity index (χ3n) is 4.51. The molecule has 9 heteroatoms. The topological polar surface area (TPSA) is 84.9 Å². The number of carbonyl (C=O) groups is 3. The van der Waals surface area contributed by atoms with E-state index in [-0.39, 0.29) is 11.7 Å². The first-order valence-corrected chi connectivity index (χ1v) is 11.1. The zero-order chi connectivity index (χ0) is 23.6. The lowest BCUT2D eigenvalue weighted by Crippen LogP contribution is -2.54. The van der Waals surface area contributed by atoms with Crippen LogP contribution in [-0.4, -0.2) is 30.6 Å². The number of anilines is 1. The normalized spacial score (nSPS) is 15.4. The summed E-state index contributed by atoms with van der Waals surface area (Å²) in [5, 5.41) is 2.58. The number of benzene rings is 2. The molecule has 168 valence electrons. The lowest BCUT2D eigenvalue weighted by atomic mass is 10.1. The average Bonchev–Trinajstić information content (AvgIpc) is 2.70. The number of halogens is 2. The highest BCUT2D eigenvalue weighted by Gasteiger charge is 2.37. The molecular formula is C23H22BrClN2O5. The number of nitrogens with one attached hydrogen (secondary N) is 1. The molecule has 0 atom stereocenters. The summed E-state index contributed by atoms with van der Waals surface area (Å²) in [6, 6.07) is 7.40. The summed E-state index contributed by atoms with van der Waals surface area (Å²) in [6.45, 7) is 7.77. The molecule has 1 saturated heterocycles. The zero-order valence-electron chi connectivity index (χ0n) is 18.0. The second kappa shape index (κ2) is 9.75. The van der Waals surface area contributed by atoms with Crippen LogP contribution in [0, 0.1) is 6.92 Å². The molecule has 2 aromatic carbocycles. The smallest absolute Gasteiger partial charge is 0.335 e. The predicted octanol–water partition coefficient (Wildman–Crippen LogP) is 5.26. The maximum atomic E-state index is 13.2. The summed E-state index contributed by atoms with van der Waals surface area (Å²) in [5.41, 5.74) is 1.28. The first kappa shape index (κ1) is 23.8. The van der Waals surface area contributed by atoms with Gasteiger partial charge >= 0.3 is 6.03 Å². The van der Waals surface area contributed by atoms with E-state index in [1.165, 1.54) is 12.1 Å². The molecule has 0 bridgehead atoms. The van der Waals surface area contributed by atoms with Gasteiger partial charge in [-0.2, -0.15) is 0 Å². The van der Waals surface area contributed by atoms with Gasteiger partial charge in [-0.3, -0.25) is 14.9 Å². The second-order valence-electron chi connectivity index (χ2n) is 7.32. The van der Waals surface area contributed by atoms with Crippen molar-refractivity contribution in [2.45, 2.75) is 33.8 Å². The number of imide groups is 2. The molecule has 32 heavy (non-hydrogen) atoms. The number of carbonyl (C=O) groups excluding carboxylic acids is 3. The van der Waals surface area contributed by atoms with Crippen LogP contribution >= 0.6 is 27.5 Å². The van der Waals surface area contributed by atoms with Crippen molar-refractivity contribution in [3.05, 3.63) is 56.5 Å². The predicted molar refractivity (Wildman–Crippen MR) is 126 cm³/mol. The third kappa shape index (κ3) is 4.97. The summed E-state index contributed by atoms with van der Waals surface area (Å²) in [7, 11) is 0. The number of ether oxygens (including phenoxy) is 2. The number of rotatable bonds is 6. The highest BCUT2D eigenvalue weighted by Crippen LogP contribution is 2.38. The fraction of sp³-hybridized carbons (Fsp3) is 0.261. The number of urea groups is 1. The van der Waals surface area contributed by atoms with Crippen LogP contribution < -0.4 is 19.7 Å². The molecule has 7 nitrogen and oxygen atoms in total. The highest BCUT2D eigenvalue weighted by atomic mass is 79.9. The fourth-order valence-corrected chi connectivity index (χ4v) is 3.87. The Morgan fingerprint density at radius 2 is 1.91 bits per heavy atom. The Bertz CT molecular complexity index is 1130. The van der Waals surface area contributed by atoms with E-state index in [4.69, 9.17) is 21.1 Å². The van der Waals surface area contributed by atoms with Gasteiger partial charge in [0.25, 0.3) is 11.8 Å². The van der Waals surface area contributed by atoms with Crippen molar-refractivity contribution in [1.82, 2.24) is 5.32 Å². The van der Waals surface area contributed by atoms with Gasteiger partial charge in [0.1, 0.15) is 5.57 Å². The number of barbiturate groups is 1. The van der Waals surface area contributed by atoms with E-state index in [1.54, 1.807) is 31.2 Å². The summed E-state index contributed by atoms with van der Waals surface area (Å²) >= 11 is 9.53. The van der Waals surface area contributed by atoms with Gasteiger partial charge in [-0.25, -0.2) is 9.69 Å². The van der Waals surface area contributed by atoms with Crippen molar-refractivity contribution in [2.24, 2.45) is 0 Å². The highest BCUT2D eigenvalue weighted by molar-refractivity contribution is 9.10. The Morgan fingerprint density at radius 1 is 1.19 bits per heavy atom. The van der Waals surface area contributed by atoms with Crippen LogP contribution in [0.2, 0.25) is 5.02 Å². The molecule has 0 aromatic heterocycles. The van der Waals surface area contributed by atoms with E-state index < -0.39 is 17.8 Å². The van der Waals surface area contributed by atoms with Crippen molar-refractivity contribution in [3.63, 3.8) is 0 Å². The molecule has 2 aromatic rings. The zero-order valence-corrected chi connectivity index (χ0v) is 20.3. The van der Waals surface area contributed by atoms with Crippen molar-refractivity contribution >= 4 is 57.1 Å². The number of hydrogen-bond donors (Lipinski definition) is 1. The number of hydrogen-bond acceptors (Lipinski definition) is 5. The fourth-order valence-electron chi connectivity index (χ4n) is 3.15. The average molecular weight is 522 g/mol. The molecule has 1 aliphatic rings. The summed E-state index contributed by atoms with van der Waals surface area (Å²) in [4.78, 5) is 39.1. The molecule has 3 rings (SSSR count). The molecule has 1 aliphatic heterocycles. The van der Waals surface area contributed by atoms with E-state index >= 15 is 0 Å². The van der Waals surface area contributed by atoms with Crippen LogP contribution in [0.3, 0.4) is 0 Å². The molecule has 1 heterocycles. The lowest BCUT2D eigenvalue weighted by Gasteiger charge is -2.27. The minimum absolute atomic E-state index is 0.0825. The van der Waals surface area contributed by atoms with Gasteiger partial charge in [0.05, 0.1) is 22.9 Å². The molecule has 0 radical (unpaired) electrons. The van der Waals surface area contributed by atoms with E-state index in [9.17, 15) is 14.4 Å². The van der Waals surface area contributed by atoms with Gasteiger partial charge in [0.15, 0.2) is 11.5 Å². The lowest BCUT2D eigenvalue weighted by molar-refractivity contribution is -0.122. The third-order valence-corrected chi connectivity index (χ3v) is 5.33. The molecule has 4 amide bonds. The molecule has 0 saturated carbocycles. The van der Waals surface area contributed by atoms with Gasteiger partial charge in [-0.1, -0.05) is 17.7 Å². The van der Waals surface area contributed by atoms with Gasteiger partial charge < -0.3 is 9.47 Å². The van der Waals surface area contributed by atoms with Crippen LogP contribution in [0.5, 0.6) is 11.5 Å². The Hall–Kier alpha value is -2.84. The van der Waals surface area contributed by atoms with E-state index in [2.05, 4.69) is 21.2 Å². The molecule has 0 spiro atoms. The van der Waals surface area contributed by atoms with Gasteiger partial charge in [-0.15, -0.1) is 0 Å². The molecule has 0 aliphatic carbocycles. The number of amides is 4. The summed E-state index contributed by atoms with van der Waals surface area (Å²) in [5.74, 6) is -0.548. The standard InChI is InChI=1S/C23H22BrClN2O5/c1-5-31-19-10-14(9-17(24)20(19)32-12(2)3)8-16-21(28)26-23(30)27(22(16)29)18-11-15(25)7-6-13(18)4/h6-12H,5H2,1-4H3,(H,26,28,30)/b16-8+. The minimum atomic E-state index is -0.834. The summed E-state index contributed by atoms with van der Waals surface area (Å²) in [6.07, 6.45) is 1.32. The maximum Gasteiger partial charge on any atom is 0.335 e. The maximum absolute atomic E-state index is 13.2. The van der Waals surface area contributed by atoms with Crippen LogP contribution in [-0.2, 0) is 9.59 Å².